The lowest BCUT2D eigenvalue weighted by molar-refractivity contribution is -0.174. The number of alkyl halides is 3. The van der Waals surface area contributed by atoms with Gasteiger partial charge in [0.15, 0.2) is 9.84 Å². The van der Waals surface area contributed by atoms with Gasteiger partial charge in [-0.25, -0.2) is 13.2 Å². The Hall–Kier alpha value is -3.65. The van der Waals surface area contributed by atoms with Crippen LogP contribution >= 0.6 is 0 Å². The Morgan fingerprint density at radius 2 is 1.67 bits per heavy atom. The van der Waals surface area contributed by atoms with Crippen molar-refractivity contribution < 1.29 is 40.7 Å². The molecule has 0 radical (unpaired) electrons. The zero-order valence-corrected chi connectivity index (χ0v) is 19.8. The van der Waals surface area contributed by atoms with Gasteiger partial charge in [0.05, 0.1) is 24.2 Å². The minimum Gasteiger partial charge on any atom is -0.377 e. The van der Waals surface area contributed by atoms with E-state index in [2.05, 4.69) is 5.32 Å². The lowest BCUT2D eigenvalue weighted by Gasteiger charge is -2.36. The molecule has 1 fully saturated rings. The monoisotopic (exact) mass is 528 g/mol. The van der Waals surface area contributed by atoms with E-state index < -0.39 is 33.9 Å². The molecule has 14 heteroatoms. The van der Waals surface area contributed by atoms with Gasteiger partial charge in [0.25, 0.3) is 5.91 Å². The molecule has 2 aromatic carbocycles. The predicted octanol–water partition coefficient (Wildman–Crippen LogP) is 1.70. The SMILES string of the molecule is CS(=O)(=O)c1ccc(C2COCCN2C(=O)NCc2ccc(C(=O)NNC(=O)C(F)(F)F)cc2)cc1. The summed E-state index contributed by atoms with van der Waals surface area (Å²) in [6, 6.07) is 11.1. The first-order chi connectivity index (χ1) is 16.9. The molecule has 36 heavy (non-hydrogen) atoms. The normalized spacial score (nSPS) is 16.2. The number of rotatable bonds is 5. The van der Waals surface area contributed by atoms with Gasteiger partial charge in [0.1, 0.15) is 0 Å². The van der Waals surface area contributed by atoms with Gasteiger partial charge in [0, 0.05) is 24.9 Å². The van der Waals surface area contributed by atoms with E-state index in [9.17, 15) is 36.0 Å². The van der Waals surface area contributed by atoms with E-state index in [1.54, 1.807) is 22.5 Å². The second-order valence-electron chi connectivity index (χ2n) is 7.89. The van der Waals surface area contributed by atoms with Crippen LogP contribution in [0.25, 0.3) is 0 Å². The van der Waals surface area contributed by atoms with Gasteiger partial charge >= 0.3 is 18.1 Å². The lowest BCUT2D eigenvalue weighted by atomic mass is 10.1. The van der Waals surface area contributed by atoms with Crippen LogP contribution in [0.2, 0.25) is 0 Å². The third kappa shape index (κ3) is 6.95. The maximum atomic E-state index is 12.9. The number of morpholine rings is 1. The van der Waals surface area contributed by atoms with Crippen LogP contribution in [0.3, 0.4) is 0 Å². The standard InChI is InChI=1S/C22H23F3N4O6S/c1-36(33,34)17-8-6-15(7-9-17)18-13-35-11-10-29(18)21(32)26-12-14-2-4-16(5-3-14)19(30)27-28-20(31)22(23,24)25/h2-9,18H,10-13H2,1H3,(H,26,32)(H,27,30)(H,28,31). The number of nitrogens with one attached hydrogen (secondary N) is 3. The Kier molecular flexibility index (Phi) is 8.20. The van der Waals surface area contributed by atoms with E-state index in [0.29, 0.717) is 24.3 Å². The number of ether oxygens (including phenoxy) is 1. The topological polar surface area (TPSA) is 134 Å². The van der Waals surface area contributed by atoms with Gasteiger partial charge in [0.2, 0.25) is 0 Å². The van der Waals surface area contributed by atoms with Gasteiger partial charge in [-0.2, -0.15) is 13.2 Å². The molecule has 3 rings (SSSR count). The molecule has 1 saturated heterocycles. The molecule has 1 heterocycles. The highest BCUT2D eigenvalue weighted by Gasteiger charge is 2.39. The fourth-order valence-corrected chi connectivity index (χ4v) is 4.00. The Bertz CT molecular complexity index is 1220. The van der Waals surface area contributed by atoms with Crippen molar-refractivity contribution in [2.75, 3.05) is 26.0 Å². The van der Waals surface area contributed by atoms with Crippen LogP contribution in [-0.2, 0) is 25.9 Å². The van der Waals surface area contributed by atoms with Crippen molar-refractivity contribution in [1.82, 2.24) is 21.1 Å². The number of nitrogens with zero attached hydrogens (tertiary/aromatic N) is 1. The van der Waals surface area contributed by atoms with Crippen LogP contribution in [0.1, 0.15) is 27.5 Å². The number of hydrazine groups is 1. The summed E-state index contributed by atoms with van der Waals surface area (Å²) in [5.74, 6) is -3.25. The number of amides is 4. The van der Waals surface area contributed by atoms with Crippen LogP contribution in [0.5, 0.6) is 0 Å². The first kappa shape index (κ1) is 26.9. The fourth-order valence-electron chi connectivity index (χ4n) is 3.37. The molecule has 0 aromatic heterocycles. The van der Waals surface area contributed by atoms with E-state index in [-0.39, 0.29) is 29.6 Å². The summed E-state index contributed by atoms with van der Waals surface area (Å²) < 4.78 is 65.4. The smallest absolute Gasteiger partial charge is 0.377 e. The first-order valence-corrected chi connectivity index (χ1v) is 12.4. The zero-order valence-electron chi connectivity index (χ0n) is 19.0. The zero-order chi connectivity index (χ0) is 26.5. The highest BCUT2D eigenvalue weighted by molar-refractivity contribution is 7.90. The maximum absolute atomic E-state index is 12.9. The molecule has 1 atom stereocenters. The Morgan fingerprint density at radius 3 is 2.25 bits per heavy atom. The van der Waals surface area contributed by atoms with Gasteiger partial charge in [-0.3, -0.25) is 20.4 Å². The molecule has 1 unspecified atom stereocenters. The molecule has 194 valence electrons. The fraction of sp³-hybridized carbons (Fsp3) is 0.318. The molecule has 0 aliphatic carbocycles. The van der Waals surface area contributed by atoms with Crippen LogP contribution in [0, 0.1) is 0 Å². The molecular weight excluding hydrogens is 505 g/mol. The summed E-state index contributed by atoms with van der Waals surface area (Å²) in [6.45, 7) is 0.982. The number of hydrogen-bond donors (Lipinski definition) is 3. The van der Waals surface area contributed by atoms with Gasteiger partial charge in [-0.15, -0.1) is 0 Å². The van der Waals surface area contributed by atoms with Gasteiger partial charge < -0.3 is 15.0 Å². The largest absolute Gasteiger partial charge is 0.472 e. The molecule has 2 aromatic rings. The highest BCUT2D eigenvalue weighted by atomic mass is 32.2. The molecule has 0 spiro atoms. The van der Waals surface area contributed by atoms with Gasteiger partial charge in [-0.1, -0.05) is 24.3 Å². The average Bonchev–Trinajstić information content (AvgIpc) is 2.85. The Labute approximate surface area is 204 Å². The second-order valence-corrected chi connectivity index (χ2v) is 9.90. The molecule has 4 amide bonds. The second kappa shape index (κ2) is 11.0. The van der Waals surface area contributed by atoms with Crippen molar-refractivity contribution in [2.24, 2.45) is 0 Å². The summed E-state index contributed by atoms with van der Waals surface area (Å²) in [4.78, 5) is 37.3. The summed E-state index contributed by atoms with van der Waals surface area (Å²) in [5.41, 5.74) is 4.27. The first-order valence-electron chi connectivity index (χ1n) is 10.5. The van der Waals surface area contributed by atoms with Crippen molar-refractivity contribution >= 4 is 27.7 Å². The number of carbonyl (C=O) groups excluding carboxylic acids is 3. The molecular formula is C22H23F3N4O6S. The molecule has 0 saturated carbocycles. The van der Waals surface area contributed by atoms with Crippen molar-refractivity contribution in [3.8, 4) is 0 Å². The quantitative estimate of drug-likeness (QED) is 0.506. The molecule has 10 nitrogen and oxygen atoms in total. The number of carbonyl (C=O) groups is 3. The van der Waals surface area contributed by atoms with Crippen molar-refractivity contribution in [3.05, 3.63) is 65.2 Å². The average molecular weight is 529 g/mol. The number of hydrogen-bond acceptors (Lipinski definition) is 6. The van der Waals surface area contributed by atoms with E-state index in [4.69, 9.17) is 4.74 Å². The van der Waals surface area contributed by atoms with Crippen LogP contribution < -0.4 is 16.2 Å². The van der Waals surface area contributed by atoms with E-state index >= 15 is 0 Å². The lowest BCUT2D eigenvalue weighted by Crippen LogP contribution is -2.48. The Balaban J connectivity index is 1.58. The third-order valence-corrected chi connectivity index (χ3v) is 6.42. The summed E-state index contributed by atoms with van der Waals surface area (Å²) in [7, 11) is -3.35. The molecule has 0 bridgehead atoms. The van der Waals surface area contributed by atoms with Crippen molar-refractivity contribution in [2.45, 2.75) is 23.7 Å². The predicted molar refractivity (Wildman–Crippen MR) is 120 cm³/mol. The number of sulfone groups is 1. The van der Waals surface area contributed by atoms with Gasteiger partial charge in [-0.05, 0) is 35.4 Å². The van der Waals surface area contributed by atoms with Crippen LogP contribution in [-0.4, -0.2) is 63.4 Å². The van der Waals surface area contributed by atoms with Crippen LogP contribution in [0.4, 0.5) is 18.0 Å². The van der Waals surface area contributed by atoms with Crippen LogP contribution in [0.15, 0.2) is 53.4 Å². The minimum atomic E-state index is -5.13. The number of benzene rings is 2. The number of halogens is 3. The molecule has 1 aliphatic rings. The molecule has 3 N–H and O–H groups in total. The van der Waals surface area contributed by atoms with E-state index in [0.717, 1.165) is 6.26 Å². The van der Waals surface area contributed by atoms with Crippen molar-refractivity contribution in [3.63, 3.8) is 0 Å². The number of urea groups is 1. The third-order valence-electron chi connectivity index (χ3n) is 5.29. The summed E-state index contributed by atoms with van der Waals surface area (Å²) in [5, 5.41) is 2.76. The van der Waals surface area contributed by atoms with E-state index in [1.165, 1.54) is 41.8 Å². The van der Waals surface area contributed by atoms with Crippen molar-refractivity contribution in [1.29, 1.82) is 0 Å². The Morgan fingerprint density at radius 1 is 1.03 bits per heavy atom. The molecule has 1 aliphatic heterocycles. The summed E-state index contributed by atoms with van der Waals surface area (Å²) >= 11 is 0. The minimum absolute atomic E-state index is 0.00154. The van der Waals surface area contributed by atoms with E-state index in [1.807, 2.05) is 0 Å². The maximum Gasteiger partial charge on any atom is 0.472 e. The summed E-state index contributed by atoms with van der Waals surface area (Å²) in [6.07, 6.45) is -4.02. The highest BCUT2D eigenvalue weighted by Crippen LogP contribution is 2.25.